The van der Waals surface area contributed by atoms with Gasteiger partial charge in [-0.3, -0.25) is 4.79 Å². The quantitative estimate of drug-likeness (QED) is 0.497. The van der Waals surface area contributed by atoms with Gasteiger partial charge in [-0.2, -0.15) is 4.98 Å². The first-order valence-corrected chi connectivity index (χ1v) is 9.26. The van der Waals surface area contributed by atoms with Crippen molar-refractivity contribution in [3.63, 3.8) is 0 Å². The van der Waals surface area contributed by atoms with Gasteiger partial charge < -0.3 is 14.6 Å². The molecular weight excluding hydrogens is 385 g/mol. The van der Waals surface area contributed by atoms with E-state index in [2.05, 4.69) is 15.5 Å². The molecule has 1 amide bonds. The van der Waals surface area contributed by atoms with E-state index >= 15 is 0 Å². The van der Waals surface area contributed by atoms with Crippen LogP contribution >= 0.6 is 0 Å². The Bertz CT molecular complexity index is 1160. The summed E-state index contributed by atoms with van der Waals surface area (Å²) in [7, 11) is 0. The summed E-state index contributed by atoms with van der Waals surface area (Å²) >= 11 is 0. The molecule has 0 radical (unpaired) electrons. The Morgan fingerprint density at radius 3 is 2.57 bits per heavy atom. The van der Waals surface area contributed by atoms with E-state index in [1.165, 1.54) is 12.1 Å². The Morgan fingerprint density at radius 2 is 1.80 bits per heavy atom. The SMILES string of the molecule is Cc1ccc(NC(=O)COc2cccc(-c3noc(-c4ccc(F)cc4)n3)c2)cc1. The molecule has 1 aromatic heterocycles. The largest absolute Gasteiger partial charge is 0.484 e. The fraction of sp³-hybridized carbons (Fsp3) is 0.0870. The van der Waals surface area contributed by atoms with Crippen LogP contribution in [-0.2, 0) is 4.79 Å². The highest BCUT2D eigenvalue weighted by Gasteiger charge is 2.12. The van der Waals surface area contributed by atoms with Crippen LogP contribution in [0.15, 0.2) is 77.3 Å². The summed E-state index contributed by atoms with van der Waals surface area (Å²) in [6.07, 6.45) is 0. The summed E-state index contributed by atoms with van der Waals surface area (Å²) in [6.45, 7) is 1.85. The Balaban J connectivity index is 1.41. The Hall–Kier alpha value is -4.00. The van der Waals surface area contributed by atoms with Crippen molar-refractivity contribution in [2.24, 2.45) is 0 Å². The first-order valence-electron chi connectivity index (χ1n) is 9.26. The molecule has 4 aromatic rings. The molecule has 0 fully saturated rings. The van der Waals surface area contributed by atoms with Crippen molar-refractivity contribution >= 4 is 11.6 Å². The molecule has 6 nitrogen and oxygen atoms in total. The van der Waals surface area contributed by atoms with Crippen LogP contribution in [0.4, 0.5) is 10.1 Å². The number of carbonyl (C=O) groups is 1. The van der Waals surface area contributed by atoms with Crippen molar-refractivity contribution in [3.8, 4) is 28.6 Å². The average Bonchev–Trinajstić information content (AvgIpc) is 3.25. The zero-order chi connectivity index (χ0) is 20.9. The van der Waals surface area contributed by atoms with Crippen LogP contribution in [0.25, 0.3) is 22.8 Å². The smallest absolute Gasteiger partial charge is 0.262 e. The lowest BCUT2D eigenvalue weighted by molar-refractivity contribution is -0.118. The number of nitrogens with zero attached hydrogens (tertiary/aromatic N) is 2. The van der Waals surface area contributed by atoms with Crippen LogP contribution in [0, 0.1) is 12.7 Å². The van der Waals surface area contributed by atoms with E-state index in [-0.39, 0.29) is 24.2 Å². The summed E-state index contributed by atoms with van der Waals surface area (Å²) in [5.74, 6) is 0.550. The van der Waals surface area contributed by atoms with Crippen molar-refractivity contribution in [2.75, 3.05) is 11.9 Å². The number of aryl methyl sites for hydroxylation is 1. The minimum Gasteiger partial charge on any atom is -0.484 e. The van der Waals surface area contributed by atoms with Crippen molar-refractivity contribution in [3.05, 3.63) is 84.2 Å². The number of halogens is 1. The normalized spacial score (nSPS) is 10.6. The molecule has 0 saturated carbocycles. The van der Waals surface area contributed by atoms with Crippen LogP contribution in [0.5, 0.6) is 5.75 Å². The van der Waals surface area contributed by atoms with Gasteiger partial charge in [-0.15, -0.1) is 0 Å². The molecule has 0 aliphatic rings. The third kappa shape index (κ3) is 4.70. The molecule has 0 atom stereocenters. The molecule has 0 spiro atoms. The molecule has 0 bridgehead atoms. The van der Waals surface area contributed by atoms with E-state index in [9.17, 15) is 9.18 Å². The summed E-state index contributed by atoms with van der Waals surface area (Å²) in [5, 5.41) is 6.75. The lowest BCUT2D eigenvalue weighted by Gasteiger charge is -2.08. The fourth-order valence-corrected chi connectivity index (χ4v) is 2.76. The van der Waals surface area contributed by atoms with Crippen LogP contribution in [0.2, 0.25) is 0 Å². The van der Waals surface area contributed by atoms with Gasteiger partial charge in [0, 0.05) is 16.8 Å². The average molecular weight is 403 g/mol. The van der Waals surface area contributed by atoms with E-state index in [4.69, 9.17) is 9.26 Å². The highest BCUT2D eigenvalue weighted by molar-refractivity contribution is 5.91. The van der Waals surface area contributed by atoms with Crippen molar-refractivity contribution in [1.82, 2.24) is 10.1 Å². The summed E-state index contributed by atoms with van der Waals surface area (Å²) in [6, 6.07) is 20.3. The molecule has 0 saturated heterocycles. The van der Waals surface area contributed by atoms with Crippen molar-refractivity contribution in [1.29, 1.82) is 0 Å². The maximum Gasteiger partial charge on any atom is 0.262 e. The number of amides is 1. The fourth-order valence-electron chi connectivity index (χ4n) is 2.76. The maximum atomic E-state index is 13.1. The zero-order valence-corrected chi connectivity index (χ0v) is 16.1. The summed E-state index contributed by atoms with van der Waals surface area (Å²) in [5.41, 5.74) is 3.12. The molecule has 150 valence electrons. The second kappa shape index (κ2) is 8.57. The van der Waals surface area contributed by atoms with Crippen LogP contribution in [0.1, 0.15) is 5.56 Å². The lowest BCUT2D eigenvalue weighted by Crippen LogP contribution is -2.20. The predicted octanol–water partition coefficient (Wildman–Crippen LogP) is 4.87. The molecule has 1 N–H and O–H groups in total. The molecule has 0 aliphatic heterocycles. The van der Waals surface area contributed by atoms with E-state index in [1.807, 2.05) is 31.2 Å². The van der Waals surface area contributed by atoms with Crippen LogP contribution < -0.4 is 10.1 Å². The van der Waals surface area contributed by atoms with E-state index in [1.54, 1.807) is 36.4 Å². The van der Waals surface area contributed by atoms with Gasteiger partial charge in [0.15, 0.2) is 6.61 Å². The zero-order valence-electron chi connectivity index (χ0n) is 16.1. The summed E-state index contributed by atoms with van der Waals surface area (Å²) in [4.78, 5) is 16.5. The van der Waals surface area contributed by atoms with Gasteiger partial charge in [-0.25, -0.2) is 4.39 Å². The third-order valence-corrected chi connectivity index (χ3v) is 4.31. The molecule has 30 heavy (non-hydrogen) atoms. The number of aromatic nitrogens is 2. The third-order valence-electron chi connectivity index (χ3n) is 4.31. The highest BCUT2D eigenvalue weighted by Crippen LogP contribution is 2.25. The number of hydrogen-bond acceptors (Lipinski definition) is 5. The maximum absolute atomic E-state index is 13.1. The molecule has 4 rings (SSSR count). The molecular formula is C23H18FN3O3. The number of carbonyl (C=O) groups excluding carboxylic acids is 1. The Labute approximate surface area is 172 Å². The molecule has 3 aromatic carbocycles. The number of rotatable bonds is 6. The van der Waals surface area contributed by atoms with Crippen molar-refractivity contribution in [2.45, 2.75) is 6.92 Å². The number of anilines is 1. The van der Waals surface area contributed by atoms with E-state index in [0.717, 1.165) is 5.56 Å². The lowest BCUT2D eigenvalue weighted by atomic mass is 10.2. The Kier molecular flexibility index (Phi) is 5.52. The number of hydrogen-bond donors (Lipinski definition) is 1. The first kappa shape index (κ1) is 19.3. The Morgan fingerprint density at radius 1 is 1.03 bits per heavy atom. The molecule has 0 unspecified atom stereocenters. The molecule has 0 aliphatic carbocycles. The van der Waals surface area contributed by atoms with Gasteiger partial charge in [-0.1, -0.05) is 35.0 Å². The molecule has 1 heterocycles. The van der Waals surface area contributed by atoms with Gasteiger partial charge in [0.1, 0.15) is 11.6 Å². The topological polar surface area (TPSA) is 77.2 Å². The van der Waals surface area contributed by atoms with E-state index in [0.29, 0.717) is 28.4 Å². The highest BCUT2D eigenvalue weighted by atomic mass is 19.1. The first-order chi connectivity index (χ1) is 14.6. The number of benzene rings is 3. The second-order valence-electron chi connectivity index (χ2n) is 6.66. The van der Waals surface area contributed by atoms with Gasteiger partial charge in [0.05, 0.1) is 0 Å². The molecule has 7 heteroatoms. The van der Waals surface area contributed by atoms with Gasteiger partial charge in [-0.05, 0) is 55.5 Å². The number of ether oxygens (including phenoxy) is 1. The predicted molar refractivity (Wildman–Crippen MR) is 110 cm³/mol. The van der Waals surface area contributed by atoms with Crippen molar-refractivity contribution < 1.29 is 18.4 Å². The van der Waals surface area contributed by atoms with Crippen LogP contribution in [0.3, 0.4) is 0 Å². The van der Waals surface area contributed by atoms with Crippen LogP contribution in [-0.4, -0.2) is 22.7 Å². The van der Waals surface area contributed by atoms with Gasteiger partial charge >= 0.3 is 0 Å². The minimum absolute atomic E-state index is 0.135. The summed E-state index contributed by atoms with van der Waals surface area (Å²) < 4.78 is 23.9. The van der Waals surface area contributed by atoms with Gasteiger partial charge in [0.25, 0.3) is 11.8 Å². The standard InChI is InChI=1S/C23H18FN3O3/c1-15-5-11-19(12-6-15)25-21(28)14-29-20-4-2-3-17(13-20)22-26-23(30-27-22)16-7-9-18(24)10-8-16/h2-13H,14H2,1H3,(H,25,28). The van der Waals surface area contributed by atoms with E-state index < -0.39 is 0 Å². The second-order valence-corrected chi connectivity index (χ2v) is 6.66. The van der Waals surface area contributed by atoms with Gasteiger partial charge in [0.2, 0.25) is 5.82 Å². The number of nitrogens with one attached hydrogen (secondary N) is 1. The monoisotopic (exact) mass is 403 g/mol. The minimum atomic E-state index is -0.338.